The van der Waals surface area contributed by atoms with Crippen LogP contribution in [0.15, 0.2) is 48.5 Å². The van der Waals surface area contributed by atoms with Crippen molar-refractivity contribution in [3.05, 3.63) is 76.9 Å². The van der Waals surface area contributed by atoms with Crippen LogP contribution in [0.1, 0.15) is 41.4 Å². The number of piperidine rings is 1. The number of nitrogens with zero attached hydrogens (tertiary/aromatic N) is 5. The van der Waals surface area contributed by atoms with Crippen LogP contribution >= 0.6 is 0 Å². The normalized spacial score (nSPS) is 17.1. The van der Waals surface area contributed by atoms with E-state index in [1.54, 1.807) is 18.2 Å². The molecule has 4 rings (SSSR count). The number of likely N-dealkylation sites (tertiary alicyclic amines) is 1. The molecule has 6 nitrogen and oxygen atoms in total. The minimum atomic E-state index is -4.47. The Balaban J connectivity index is 1.72. The summed E-state index contributed by atoms with van der Waals surface area (Å²) in [6.45, 7) is 1.23. The zero-order valence-electron chi connectivity index (χ0n) is 16.5. The number of benzene rings is 2. The Morgan fingerprint density at radius 3 is 2.45 bits per heavy atom. The molecule has 1 saturated heterocycles. The van der Waals surface area contributed by atoms with Gasteiger partial charge in [0.05, 0.1) is 24.3 Å². The first-order chi connectivity index (χ1) is 14.8. The molecule has 0 radical (unpaired) electrons. The monoisotopic (exact) mass is 435 g/mol. The fourth-order valence-corrected chi connectivity index (χ4v) is 3.84. The Morgan fingerprint density at radius 2 is 1.77 bits per heavy atom. The third-order valence-electron chi connectivity index (χ3n) is 5.44. The number of rotatable bonds is 5. The Kier molecular flexibility index (Phi) is 6.01. The lowest BCUT2D eigenvalue weighted by Gasteiger charge is -2.36. The largest absolute Gasteiger partial charge is 0.416 e. The van der Waals surface area contributed by atoms with Gasteiger partial charge < -0.3 is 5.11 Å². The third-order valence-corrected chi connectivity index (χ3v) is 5.44. The van der Waals surface area contributed by atoms with E-state index < -0.39 is 23.9 Å². The van der Waals surface area contributed by atoms with Gasteiger partial charge in [-0.3, -0.25) is 4.90 Å². The first kappa shape index (κ1) is 21.4. The second-order valence-electron chi connectivity index (χ2n) is 7.61. The third kappa shape index (κ3) is 4.91. The standard InChI is InChI=1S/C21H21F4N5O/c22-17-6-4-14(5-7-17)13-30-20(26-27-28-30)19(29-10-8-18(31)9-11-29)15-2-1-3-16(12-15)21(23,24)25/h1-7,12,18-19,31H,8-11,13H2/t19-/m0/s1. The van der Waals surface area contributed by atoms with Crippen LogP contribution in [-0.4, -0.2) is 49.4 Å². The maximum Gasteiger partial charge on any atom is 0.416 e. The highest BCUT2D eigenvalue weighted by Crippen LogP contribution is 2.35. The molecule has 31 heavy (non-hydrogen) atoms. The van der Waals surface area contributed by atoms with Gasteiger partial charge in [-0.1, -0.05) is 24.3 Å². The van der Waals surface area contributed by atoms with E-state index in [4.69, 9.17) is 0 Å². The fourth-order valence-electron chi connectivity index (χ4n) is 3.84. The summed E-state index contributed by atoms with van der Waals surface area (Å²) < 4.78 is 54.8. The number of hydrogen-bond acceptors (Lipinski definition) is 5. The summed E-state index contributed by atoms with van der Waals surface area (Å²) in [6.07, 6.45) is -3.89. The van der Waals surface area contributed by atoms with Gasteiger partial charge in [0.25, 0.3) is 0 Å². The first-order valence-corrected chi connectivity index (χ1v) is 9.91. The highest BCUT2D eigenvalue weighted by Gasteiger charge is 2.34. The molecular formula is C21H21F4N5O. The van der Waals surface area contributed by atoms with E-state index in [-0.39, 0.29) is 12.4 Å². The maximum absolute atomic E-state index is 13.3. The first-order valence-electron chi connectivity index (χ1n) is 9.91. The van der Waals surface area contributed by atoms with Crippen LogP contribution < -0.4 is 0 Å². The van der Waals surface area contributed by atoms with Crippen LogP contribution in [0.2, 0.25) is 0 Å². The molecule has 0 unspecified atom stereocenters. The van der Waals surface area contributed by atoms with Crippen molar-refractivity contribution in [1.82, 2.24) is 25.1 Å². The topological polar surface area (TPSA) is 67.1 Å². The second-order valence-corrected chi connectivity index (χ2v) is 7.61. The van der Waals surface area contributed by atoms with E-state index in [0.717, 1.165) is 17.7 Å². The lowest BCUT2D eigenvalue weighted by atomic mass is 9.98. The summed E-state index contributed by atoms with van der Waals surface area (Å²) in [5.41, 5.74) is 0.429. The predicted molar refractivity (Wildman–Crippen MR) is 103 cm³/mol. The number of aromatic nitrogens is 4. The van der Waals surface area contributed by atoms with Crippen molar-refractivity contribution in [2.24, 2.45) is 0 Å². The number of alkyl halides is 3. The summed E-state index contributed by atoms with van der Waals surface area (Å²) in [5, 5.41) is 21.8. The average Bonchev–Trinajstić information content (AvgIpc) is 3.19. The van der Waals surface area contributed by atoms with Crippen LogP contribution in [-0.2, 0) is 12.7 Å². The molecule has 1 aliphatic rings. The summed E-state index contributed by atoms with van der Waals surface area (Å²) in [4.78, 5) is 1.98. The van der Waals surface area contributed by atoms with Crippen molar-refractivity contribution in [1.29, 1.82) is 0 Å². The maximum atomic E-state index is 13.3. The van der Waals surface area contributed by atoms with Gasteiger partial charge in [-0.15, -0.1) is 5.10 Å². The molecule has 1 fully saturated rings. The molecule has 1 aromatic heterocycles. The number of halogens is 4. The molecule has 1 atom stereocenters. The van der Waals surface area contributed by atoms with Crippen molar-refractivity contribution in [3.63, 3.8) is 0 Å². The molecule has 0 amide bonds. The van der Waals surface area contributed by atoms with Gasteiger partial charge in [-0.2, -0.15) is 13.2 Å². The van der Waals surface area contributed by atoms with E-state index >= 15 is 0 Å². The molecule has 0 aliphatic carbocycles. The number of aliphatic hydroxyl groups is 1. The molecule has 1 N–H and O–H groups in total. The molecule has 1 aliphatic heterocycles. The van der Waals surface area contributed by atoms with Crippen molar-refractivity contribution < 1.29 is 22.7 Å². The SMILES string of the molecule is OC1CCN([C@@H](c2cccc(C(F)(F)F)c2)c2nnnn2Cc2ccc(F)cc2)CC1. The van der Waals surface area contributed by atoms with E-state index in [2.05, 4.69) is 15.5 Å². The Morgan fingerprint density at radius 1 is 1.06 bits per heavy atom. The van der Waals surface area contributed by atoms with E-state index in [0.29, 0.717) is 37.3 Å². The smallest absolute Gasteiger partial charge is 0.393 e. The van der Waals surface area contributed by atoms with Crippen molar-refractivity contribution >= 4 is 0 Å². The highest BCUT2D eigenvalue weighted by atomic mass is 19.4. The minimum absolute atomic E-state index is 0.245. The van der Waals surface area contributed by atoms with Gasteiger partial charge >= 0.3 is 6.18 Å². The quantitative estimate of drug-likeness (QED) is 0.622. The summed E-state index contributed by atoms with van der Waals surface area (Å²) in [5.74, 6) is 0.0226. The van der Waals surface area contributed by atoms with Crippen LogP contribution in [0.25, 0.3) is 0 Å². The number of tetrazole rings is 1. The lowest BCUT2D eigenvalue weighted by Crippen LogP contribution is -2.40. The minimum Gasteiger partial charge on any atom is -0.393 e. The van der Waals surface area contributed by atoms with Crippen LogP contribution in [0.3, 0.4) is 0 Å². The Labute approximate surface area is 176 Å². The van der Waals surface area contributed by atoms with Gasteiger partial charge in [0.2, 0.25) is 0 Å². The zero-order valence-corrected chi connectivity index (χ0v) is 16.5. The molecule has 3 aromatic rings. The van der Waals surface area contributed by atoms with Crippen LogP contribution in [0.4, 0.5) is 17.6 Å². The van der Waals surface area contributed by atoms with Crippen LogP contribution in [0.5, 0.6) is 0 Å². The lowest BCUT2D eigenvalue weighted by molar-refractivity contribution is -0.137. The van der Waals surface area contributed by atoms with Gasteiger partial charge in [-0.05, 0) is 58.7 Å². The fraction of sp³-hybridized carbons (Fsp3) is 0.381. The van der Waals surface area contributed by atoms with Gasteiger partial charge in [0, 0.05) is 13.1 Å². The molecule has 2 aromatic carbocycles. The van der Waals surface area contributed by atoms with Gasteiger partial charge in [-0.25, -0.2) is 9.07 Å². The van der Waals surface area contributed by atoms with Crippen molar-refractivity contribution in [3.8, 4) is 0 Å². The number of aliphatic hydroxyl groups excluding tert-OH is 1. The second kappa shape index (κ2) is 8.72. The van der Waals surface area contributed by atoms with Crippen molar-refractivity contribution in [2.45, 2.75) is 37.7 Å². The van der Waals surface area contributed by atoms with Crippen molar-refractivity contribution in [2.75, 3.05) is 13.1 Å². The molecule has 0 spiro atoms. The Bertz CT molecular complexity index is 1010. The van der Waals surface area contributed by atoms with E-state index in [1.165, 1.54) is 22.9 Å². The summed E-state index contributed by atoms with van der Waals surface area (Å²) in [6, 6.07) is 10.4. The molecular weight excluding hydrogens is 414 g/mol. The zero-order chi connectivity index (χ0) is 22.0. The molecule has 10 heteroatoms. The molecule has 0 bridgehead atoms. The van der Waals surface area contributed by atoms with E-state index in [9.17, 15) is 22.7 Å². The summed E-state index contributed by atoms with van der Waals surface area (Å²) >= 11 is 0. The Hall–Kier alpha value is -2.85. The predicted octanol–water partition coefficient (Wildman–Crippen LogP) is 3.43. The molecule has 164 valence electrons. The summed E-state index contributed by atoms with van der Waals surface area (Å²) in [7, 11) is 0. The highest BCUT2D eigenvalue weighted by molar-refractivity contribution is 5.31. The van der Waals surface area contributed by atoms with Crippen LogP contribution in [0, 0.1) is 5.82 Å². The average molecular weight is 435 g/mol. The van der Waals surface area contributed by atoms with Gasteiger partial charge in [0.1, 0.15) is 5.82 Å². The molecule has 2 heterocycles. The number of hydrogen-bond donors (Lipinski definition) is 1. The van der Waals surface area contributed by atoms with E-state index in [1.807, 2.05) is 4.90 Å². The van der Waals surface area contributed by atoms with Gasteiger partial charge in [0.15, 0.2) is 5.82 Å². The molecule has 0 saturated carbocycles.